The summed E-state index contributed by atoms with van der Waals surface area (Å²) in [7, 11) is 1.59. The molecule has 4 nitrogen and oxygen atoms in total. The first-order valence-corrected chi connectivity index (χ1v) is 5.77. The Labute approximate surface area is 97.3 Å². The van der Waals surface area contributed by atoms with Gasteiger partial charge >= 0.3 is 5.97 Å². The molecule has 1 aromatic carbocycles. The van der Waals surface area contributed by atoms with Crippen molar-refractivity contribution >= 4 is 22.8 Å². The summed E-state index contributed by atoms with van der Waals surface area (Å²) in [4.78, 5) is 14.9. The van der Waals surface area contributed by atoms with Gasteiger partial charge in [0.1, 0.15) is 10.8 Å². The number of carboxylic acid groups (broad SMARTS) is 1. The zero-order chi connectivity index (χ0) is 11.5. The third kappa shape index (κ3) is 2.04. The van der Waals surface area contributed by atoms with E-state index < -0.39 is 12.0 Å². The average Bonchev–Trinajstić information content (AvgIpc) is 2.78. The fourth-order valence-electron chi connectivity index (χ4n) is 1.47. The van der Waals surface area contributed by atoms with Crippen LogP contribution in [0.2, 0.25) is 0 Å². The fraction of sp³-hybridized carbons (Fsp3) is 0.273. The van der Waals surface area contributed by atoms with Crippen LogP contribution in [0.1, 0.15) is 5.56 Å². The number of hydrogen-bond donors (Lipinski definition) is 1. The van der Waals surface area contributed by atoms with Gasteiger partial charge in [-0.3, -0.25) is 4.99 Å². The van der Waals surface area contributed by atoms with Crippen molar-refractivity contribution in [2.45, 2.75) is 6.04 Å². The number of ether oxygens (including phenoxy) is 1. The molecule has 0 amide bonds. The summed E-state index contributed by atoms with van der Waals surface area (Å²) in [6, 6.07) is 6.85. The van der Waals surface area contributed by atoms with Crippen molar-refractivity contribution in [3.8, 4) is 5.75 Å². The van der Waals surface area contributed by atoms with Gasteiger partial charge in [0.15, 0.2) is 6.04 Å². The molecule has 2 rings (SSSR count). The molecule has 0 aliphatic carbocycles. The molecular formula is C11H11NO3S. The van der Waals surface area contributed by atoms with E-state index in [0.29, 0.717) is 5.75 Å². The van der Waals surface area contributed by atoms with Crippen LogP contribution in [0.3, 0.4) is 0 Å². The molecule has 0 spiro atoms. The highest BCUT2D eigenvalue weighted by Gasteiger charge is 2.26. The molecule has 0 fully saturated rings. The number of para-hydroxylation sites is 1. The lowest BCUT2D eigenvalue weighted by Gasteiger charge is -2.06. The van der Waals surface area contributed by atoms with E-state index in [4.69, 9.17) is 9.84 Å². The lowest BCUT2D eigenvalue weighted by Crippen LogP contribution is -2.17. The third-order valence-corrected chi connectivity index (χ3v) is 3.35. The quantitative estimate of drug-likeness (QED) is 0.868. The van der Waals surface area contributed by atoms with Gasteiger partial charge in [-0.05, 0) is 12.1 Å². The van der Waals surface area contributed by atoms with E-state index in [-0.39, 0.29) is 0 Å². The van der Waals surface area contributed by atoms with Gasteiger partial charge in [0, 0.05) is 11.3 Å². The molecule has 5 heteroatoms. The minimum atomic E-state index is -0.877. The molecule has 1 aromatic rings. The highest BCUT2D eigenvalue weighted by Crippen LogP contribution is 2.28. The second kappa shape index (κ2) is 4.57. The Balaban J connectivity index is 2.32. The normalized spacial score (nSPS) is 19.3. The predicted octanol–water partition coefficient (Wildman–Crippen LogP) is 1.64. The van der Waals surface area contributed by atoms with E-state index in [2.05, 4.69) is 4.99 Å². The zero-order valence-electron chi connectivity index (χ0n) is 8.71. The Hall–Kier alpha value is -1.49. The molecule has 1 heterocycles. The van der Waals surface area contributed by atoms with Crippen molar-refractivity contribution in [3.63, 3.8) is 0 Å². The van der Waals surface area contributed by atoms with Gasteiger partial charge in [-0.15, -0.1) is 11.8 Å². The zero-order valence-corrected chi connectivity index (χ0v) is 9.53. The van der Waals surface area contributed by atoms with Crippen molar-refractivity contribution in [2.75, 3.05) is 12.9 Å². The SMILES string of the molecule is COc1ccccc1C1=NC(C(=O)O)CS1. The summed E-state index contributed by atoms with van der Waals surface area (Å²) in [5, 5.41) is 9.59. The van der Waals surface area contributed by atoms with E-state index in [1.54, 1.807) is 7.11 Å². The van der Waals surface area contributed by atoms with Crippen LogP contribution in [0.15, 0.2) is 29.3 Å². The first-order valence-electron chi connectivity index (χ1n) is 4.79. The number of rotatable bonds is 3. The van der Waals surface area contributed by atoms with Crippen molar-refractivity contribution in [3.05, 3.63) is 29.8 Å². The Bertz CT molecular complexity index is 445. The standard InChI is InChI=1S/C11H11NO3S/c1-15-9-5-3-2-4-7(9)10-12-8(6-16-10)11(13)14/h2-5,8H,6H2,1H3,(H,13,14). The van der Waals surface area contributed by atoms with Gasteiger partial charge in [-0.25, -0.2) is 4.79 Å². The van der Waals surface area contributed by atoms with E-state index in [0.717, 1.165) is 16.4 Å². The molecule has 0 aromatic heterocycles. The maximum Gasteiger partial charge on any atom is 0.329 e. The number of nitrogens with zero attached hydrogens (tertiary/aromatic N) is 1. The van der Waals surface area contributed by atoms with Crippen molar-refractivity contribution in [1.29, 1.82) is 0 Å². The van der Waals surface area contributed by atoms with Crippen LogP contribution in [0.5, 0.6) is 5.75 Å². The Morgan fingerprint density at radius 3 is 2.94 bits per heavy atom. The maximum absolute atomic E-state index is 10.8. The molecule has 0 saturated carbocycles. The van der Waals surface area contributed by atoms with Gasteiger partial charge in [-0.1, -0.05) is 12.1 Å². The number of thioether (sulfide) groups is 1. The van der Waals surface area contributed by atoms with Gasteiger partial charge in [0.2, 0.25) is 0 Å². The van der Waals surface area contributed by atoms with E-state index in [1.165, 1.54) is 11.8 Å². The van der Waals surface area contributed by atoms with E-state index >= 15 is 0 Å². The summed E-state index contributed by atoms with van der Waals surface area (Å²) >= 11 is 1.45. The largest absolute Gasteiger partial charge is 0.496 e. The Morgan fingerprint density at radius 2 is 2.31 bits per heavy atom. The molecule has 16 heavy (non-hydrogen) atoms. The summed E-state index contributed by atoms with van der Waals surface area (Å²) in [6.07, 6.45) is 0. The number of aliphatic carboxylic acids is 1. The minimum absolute atomic E-state index is 0.489. The second-order valence-electron chi connectivity index (χ2n) is 3.30. The number of methoxy groups -OCH3 is 1. The topological polar surface area (TPSA) is 58.9 Å². The Morgan fingerprint density at radius 1 is 1.56 bits per heavy atom. The summed E-state index contributed by atoms with van der Waals surface area (Å²) < 4.78 is 5.21. The number of benzene rings is 1. The molecule has 1 N–H and O–H groups in total. The summed E-state index contributed by atoms with van der Waals surface area (Å²) in [5.74, 6) is 0.333. The monoisotopic (exact) mass is 237 g/mol. The van der Waals surface area contributed by atoms with Crippen LogP contribution in [0.4, 0.5) is 0 Å². The van der Waals surface area contributed by atoms with Gasteiger partial charge in [-0.2, -0.15) is 0 Å². The first kappa shape index (κ1) is 11.0. The fourth-order valence-corrected chi connectivity index (χ4v) is 2.53. The molecule has 1 atom stereocenters. The Kier molecular flexibility index (Phi) is 3.14. The molecule has 1 aliphatic rings. The van der Waals surface area contributed by atoms with Gasteiger partial charge in [0.25, 0.3) is 0 Å². The van der Waals surface area contributed by atoms with Crippen LogP contribution < -0.4 is 4.74 Å². The molecule has 0 radical (unpaired) electrons. The van der Waals surface area contributed by atoms with E-state index in [9.17, 15) is 4.79 Å². The van der Waals surface area contributed by atoms with Crippen LogP contribution >= 0.6 is 11.8 Å². The number of aliphatic imine (C=N–C) groups is 1. The second-order valence-corrected chi connectivity index (χ2v) is 4.31. The third-order valence-electron chi connectivity index (χ3n) is 2.27. The van der Waals surface area contributed by atoms with Gasteiger partial charge in [0.05, 0.1) is 7.11 Å². The van der Waals surface area contributed by atoms with Gasteiger partial charge < -0.3 is 9.84 Å². The molecule has 1 unspecified atom stereocenters. The number of carboxylic acids is 1. The number of hydrogen-bond acceptors (Lipinski definition) is 4. The average molecular weight is 237 g/mol. The minimum Gasteiger partial charge on any atom is -0.496 e. The predicted molar refractivity (Wildman–Crippen MR) is 63.4 cm³/mol. The van der Waals surface area contributed by atoms with Crippen LogP contribution in [0, 0.1) is 0 Å². The van der Waals surface area contributed by atoms with Crippen LogP contribution in [0.25, 0.3) is 0 Å². The van der Waals surface area contributed by atoms with Crippen molar-refractivity contribution in [1.82, 2.24) is 0 Å². The molecule has 0 saturated heterocycles. The van der Waals surface area contributed by atoms with Crippen LogP contribution in [-0.2, 0) is 4.79 Å². The van der Waals surface area contributed by atoms with E-state index in [1.807, 2.05) is 24.3 Å². The number of carbonyl (C=O) groups is 1. The first-order chi connectivity index (χ1) is 7.72. The summed E-state index contributed by atoms with van der Waals surface area (Å²) in [6.45, 7) is 0. The maximum atomic E-state index is 10.8. The lowest BCUT2D eigenvalue weighted by molar-refractivity contribution is -0.137. The highest BCUT2D eigenvalue weighted by molar-refractivity contribution is 8.14. The smallest absolute Gasteiger partial charge is 0.329 e. The lowest BCUT2D eigenvalue weighted by atomic mass is 10.2. The molecule has 84 valence electrons. The molecule has 1 aliphatic heterocycles. The van der Waals surface area contributed by atoms with Crippen molar-refractivity contribution < 1.29 is 14.6 Å². The highest BCUT2D eigenvalue weighted by atomic mass is 32.2. The molecular weight excluding hydrogens is 226 g/mol. The summed E-state index contributed by atoms with van der Waals surface area (Å²) in [5.41, 5.74) is 0.860. The van der Waals surface area contributed by atoms with Crippen LogP contribution in [-0.4, -0.2) is 35.0 Å². The van der Waals surface area contributed by atoms with Crippen molar-refractivity contribution in [2.24, 2.45) is 4.99 Å². The molecule has 0 bridgehead atoms.